The molecule has 1 N–H and O–H groups in total. The van der Waals surface area contributed by atoms with Crippen molar-refractivity contribution in [3.05, 3.63) is 87.9 Å². The Labute approximate surface area is 258 Å². The van der Waals surface area contributed by atoms with Crippen LogP contribution < -0.4 is 14.4 Å². The van der Waals surface area contributed by atoms with E-state index >= 15 is 0 Å². The molecule has 226 valence electrons. The van der Waals surface area contributed by atoms with Gasteiger partial charge in [0.05, 0.1) is 31.3 Å². The molecule has 7 nitrogen and oxygen atoms in total. The zero-order chi connectivity index (χ0) is 30.5. The number of aliphatic hydroxyl groups is 1. The maximum absolute atomic E-state index is 13.9. The van der Waals surface area contributed by atoms with Crippen molar-refractivity contribution in [1.29, 1.82) is 0 Å². The van der Waals surface area contributed by atoms with E-state index in [0.717, 1.165) is 60.0 Å². The normalized spacial score (nSPS) is 24.5. The first-order valence-corrected chi connectivity index (χ1v) is 15.5. The fourth-order valence-corrected chi connectivity index (χ4v) is 7.49. The molecule has 0 spiro atoms. The van der Waals surface area contributed by atoms with E-state index < -0.39 is 11.6 Å². The lowest BCUT2D eigenvalue weighted by Gasteiger charge is -2.43. The molecule has 2 saturated heterocycles. The molecule has 3 heterocycles. The summed E-state index contributed by atoms with van der Waals surface area (Å²) in [5.41, 5.74) is 3.28. The van der Waals surface area contributed by atoms with Crippen LogP contribution in [0.5, 0.6) is 11.5 Å². The Hall–Kier alpha value is -3.55. The second kappa shape index (κ2) is 11.5. The molecule has 3 aromatic rings. The van der Waals surface area contributed by atoms with Crippen LogP contribution in [0.25, 0.3) is 0 Å². The van der Waals surface area contributed by atoms with E-state index in [2.05, 4.69) is 0 Å². The Kier molecular flexibility index (Phi) is 7.90. The Morgan fingerprint density at radius 3 is 2.23 bits per heavy atom. The summed E-state index contributed by atoms with van der Waals surface area (Å²) in [4.78, 5) is 29.3. The number of ether oxygens (including phenoxy) is 2. The van der Waals surface area contributed by atoms with Gasteiger partial charge in [0.2, 0.25) is 12.3 Å². The molecule has 3 aromatic carbocycles. The van der Waals surface area contributed by atoms with E-state index in [4.69, 9.17) is 21.1 Å². The average molecular weight is 603 g/mol. The molecule has 43 heavy (non-hydrogen) atoms. The van der Waals surface area contributed by atoms with E-state index in [-0.39, 0.29) is 36.4 Å². The molecule has 2 bridgehead atoms. The quantitative estimate of drug-likeness (QED) is 0.301. The van der Waals surface area contributed by atoms with Gasteiger partial charge in [-0.05, 0) is 111 Å². The Balaban J connectivity index is 1.37. The number of hydrogen-bond donors (Lipinski definition) is 1. The minimum Gasteiger partial charge on any atom is -0.493 e. The zero-order valence-electron chi connectivity index (χ0n) is 25.1. The van der Waals surface area contributed by atoms with Crippen LogP contribution in [0.1, 0.15) is 74.8 Å². The highest BCUT2D eigenvalue weighted by Crippen LogP contribution is 2.47. The number of methoxy groups -OCH3 is 1. The number of fused-ring (bicyclic) bond motifs is 3. The Morgan fingerprint density at radius 2 is 1.65 bits per heavy atom. The molecule has 3 aliphatic rings. The second-order valence-electron chi connectivity index (χ2n) is 12.6. The fourth-order valence-electron chi connectivity index (χ4n) is 7.37. The van der Waals surface area contributed by atoms with Crippen LogP contribution in [0, 0.1) is 5.92 Å². The maximum Gasteiger partial charge on any atom is 0.232 e. The first kappa shape index (κ1) is 29.5. The predicted octanol–water partition coefficient (Wildman–Crippen LogP) is 6.42. The molecule has 6 rings (SSSR count). The van der Waals surface area contributed by atoms with Crippen molar-refractivity contribution in [2.24, 2.45) is 5.92 Å². The molecule has 3 aliphatic heterocycles. The third-order valence-electron chi connectivity index (χ3n) is 9.57. The van der Waals surface area contributed by atoms with Gasteiger partial charge in [-0.3, -0.25) is 9.59 Å². The van der Waals surface area contributed by atoms with E-state index in [0.29, 0.717) is 16.5 Å². The molecule has 0 saturated carbocycles. The SMILES string of the molecule is COc1cc2c(cc1OC(C)C)C(c1ccc(Cl)cc1)N(c1ccc(C(C)(O)C3CC4CCC(C3)N4C=O)cc1)C(=O)C2. The number of piperidine rings is 1. The molecule has 0 aromatic heterocycles. The Morgan fingerprint density at radius 1 is 1.00 bits per heavy atom. The van der Waals surface area contributed by atoms with Gasteiger partial charge in [-0.25, -0.2) is 0 Å². The summed E-state index contributed by atoms with van der Waals surface area (Å²) >= 11 is 6.26. The lowest BCUT2D eigenvalue weighted by atomic mass is 9.75. The van der Waals surface area contributed by atoms with E-state index in [9.17, 15) is 14.7 Å². The number of anilines is 1. The smallest absolute Gasteiger partial charge is 0.232 e. The summed E-state index contributed by atoms with van der Waals surface area (Å²) in [6, 6.07) is 19.2. The van der Waals surface area contributed by atoms with Gasteiger partial charge in [-0.1, -0.05) is 35.9 Å². The number of rotatable bonds is 8. The van der Waals surface area contributed by atoms with Crippen LogP contribution in [0.4, 0.5) is 5.69 Å². The zero-order valence-corrected chi connectivity index (χ0v) is 25.9. The fraction of sp³-hybridized carbons (Fsp3) is 0.429. The predicted molar refractivity (Wildman–Crippen MR) is 167 cm³/mol. The van der Waals surface area contributed by atoms with Gasteiger partial charge >= 0.3 is 0 Å². The molecule has 8 heteroatoms. The number of halogens is 1. The largest absolute Gasteiger partial charge is 0.493 e. The number of amides is 2. The van der Waals surface area contributed by atoms with Crippen molar-refractivity contribution in [2.75, 3.05) is 12.0 Å². The highest BCUT2D eigenvalue weighted by molar-refractivity contribution is 6.30. The van der Waals surface area contributed by atoms with Crippen LogP contribution in [-0.2, 0) is 21.6 Å². The van der Waals surface area contributed by atoms with Crippen LogP contribution in [0.3, 0.4) is 0 Å². The van der Waals surface area contributed by atoms with Crippen LogP contribution in [0.15, 0.2) is 60.7 Å². The van der Waals surface area contributed by atoms with Crippen molar-refractivity contribution in [2.45, 2.75) is 82.7 Å². The summed E-state index contributed by atoms with van der Waals surface area (Å²) in [6.07, 6.45) is 4.70. The standard InChI is InChI=1S/C35H39ClN2O5/c1-21(2)43-32-19-30-23(15-31(32)42-4)16-33(40)38(34(30)22-5-9-26(36)10-6-22)27-11-7-24(8-12-27)35(3,41)25-17-28-13-14-29(18-25)37(28)20-39/h5-12,15,19-21,25,28-29,34,41H,13-14,16-18H2,1-4H3. The Bertz CT molecular complexity index is 1490. The summed E-state index contributed by atoms with van der Waals surface area (Å²) < 4.78 is 11.7. The highest BCUT2D eigenvalue weighted by atomic mass is 35.5. The molecular formula is C35H39ClN2O5. The molecule has 4 unspecified atom stereocenters. The molecular weight excluding hydrogens is 564 g/mol. The van der Waals surface area contributed by atoms with Crippen molar-refractivity contribution < 1.29 is 24.2 Å². The number of nitrogens with zero attached hydrogens (tertiary/aromatic N) is 2. The molecule has 0 radical (unpaired) electrons. The monoisotopic (exact) mass is 602 g/mol. The molecule has 2 amide bonds. The summed E-state index contributed by atoms with van der Waals surface area (Å²) in [7, 11) is 1.61. The van der Waals surface area contributed by atoms with Gasteiger partial charge in [-0.15, -0.1) is 0 Å². The van der Waals surface area contributed by atoms with Gasteiger partial charge < -0.3 is 24.4 Å². The minimum absolute atomic E-state index is 0.0376. The number of hydrogen-bond acceptors (Lipinski definition) is 5. The van der Waals surface area contributed by atoms with Crippen molar-refractivity contribution in [3.63, 3.8) is 0 Å². The summed E-state index contributed by atoms with van der Waals surface area (Å²) in [5.74, 6) is 1.24. The van der Waals surface area contributed by atoms with Crippen molar-refractivity contribution in [3.8, 4) is 11.5 Å². The maximum atomic E-state index is 13.9. The lowest BCUT2D eigenvalue weighted by molar-refractivity contribution is -0.126. The number of benzene rings is 3. The molecule has 2 fully saturated rings. The van der Waals surface area contributed by atoms with E-state index in [1.54, 1.807) is 7.11 Å². The van der Waals surface area contributed by atoms with E-state index in [1.807, 2.05) is 91.2 Å². The average Bonchev–Trinajstić information content (AvgIpc) is 3.23. The topological polar surface area (TPSA) is 79.3 Å². The molecule has 4 atom stereocenters. The minimum atomic E-state index is -1.05. The van der Waals surface area contributed by atoms with Gasteiger partial charge in [0, 0.05) is 22.8 Å². The van der Waals surface area contributed by atoms with Gasteiger partial charge in [-0.2, -0.15) is 0 Å². The van der Waals surface area contributed by atoms with Crippen LogP contribution in [0.2, 0.25) is 5.02 Å². The summed E-state index contributed by atoms with van der Waals surface area (Å²) in [5, 5.41) is 12.4. The first-order valence-electron chi connectivity index (χ1n) is 15.1. The third-order valence-corrected chi connectivity index (χ3v) is 9.83. The van der Waals surface area contributed by atoms with Gasteiger partial charge in [0.15, 0.2) is 11.5 Å². The summed E-state index contributed by atoms with van der Waals surface area (Å²) in [6.45, 7) is 5.82. The third kappa shape index (κ3) is 5.38. The van der Waals surface area contributed by atoms with Crippen LogP contribution in [-0.4, -0.2) is 47.6 Å². The number of carbonyl (C=O) groups is 2. The van der Waals surface area contributed by atoms with Crippen molar-refractivity contribution >= 4 is 29.6 Å². The second-order valence-corrected chi connectivity index (χ2v) is 13.0. The van der Waals surface area contributed by atoms with Crippen LogP contribution >= 0.6 is 11.6 Å². The lowest BCUT2D eigenvalue weighted by Crippen LogP contribution is -2.47. The highest BCUT2D eigenvalue weighted by Gasteiger charge is 2.46. The van der Waals surface area contributed by atoms with Gasteiger partial charge in [0.1, 0.15) is 0 Å². The van der Waals surface area contributed by atoms with Crippen molar-refractivity contribution in [1.82, 2.24) is 4.90 Å². The van der Waals surface area contributed by atoms with E-state index in [1.165, 1.54) is 0 Å². The molecule has 0 aliphatic carbocycles. The van der Waals surface area contributed by atoms with Gasteiger partial charge in [0.25, 0.3) is 0 Å². The number of carbonyl (C=O) groups excluding carboxylic acids is 2. The first-order chi connectivity index (χ1) is 20.6.